The normalized spacial score (nSPS) is 27.0. The summed E-state index contributed by atoms with van der Waals surface area (Å²) in [6.07, 6.45) is 0. The molecular weight excluding hydrogens is 160 g/mol. The van der Waals surface area contributed by atoms with E-state index >= 15 is 0 Å². The highest BCUT2D eigenvalue weighted by atomic mass is 16.7. The zero-order chi connectivity index (χ0) is 9.24. The molecule has 2 N–H and O–H groups in total. The van der Waals surface area contributed by atoms with Gasteiger partial charge in [0.05, 0.1) is 26.4 Å². The number of rotatable bonds is 2. The van der Waals surface area contributed by atoms with Crippen molar-refractivity contribution < 1.29 is 19.7 Å². The van der Waals surface area contributed by atoms with Crippen LogP contribution in [-0.2, 0) is 9.47 Å². The van der Waals surface area contributed by atoms with E-state index in [1.54, 1.807) is 0 Å². The quantitative estimate of drug-likeness (QED) is 0.608. The zero-order valence-corrected chi connectivity index (χ0v) is 7.54. The van der Waals surface area contributed by atoms with Gasteiger partial charge in [-0.1, -0.05) is 13.8 Å². The molecule has 1 fully saturated rings. The van der Waals surface area contributed by atoms with Gasteiger partial charge in [-0.05, 0) is 0 Å². The highest BCUT2D eigenvalue weighted by Gasteiger charge is 2.39. The summed E-state index contributed by atoms with van der Waals surface area (Å²) in [6, 6.07) is 0. The summed E-state index contributed by atoms with van der Waals surface area (Å²) in [4.78, 5) is 0. The molecule has 72 valence electrons. The predicted molar refractivity (Wildman–Crippen MR) is 42.6 cm³/mol. The monoisotopic (exact) mass is 176 g/mol. The molecule has 0 atom stereocenters. The molecule has 0 aliphatic carbocycles. The summed E-state index contributed by atoms with van der Waals surface area (Å²) in [7, 11) is 0. The molecular formula is C8H16O4. The van der Waals surface area contributed by atoms with Crippen LogP contribution in [0.4, 0.5) is 0 Å². The maximum absolute atomic E-state index is 8.90. The summed E-state index contributed by atoms with van der Waals surface area (Å²) in [5.41, 5.74) is -0.0339. The van der Waals surface area contributed by atoms with Gasteiger partial charge in [0.2, 0.25) is 5.79 Å². The second kappa shape index (κ2) is 3.30. The lowest BCUT2D eigenvalue weighted by Gasteiger charge is -2.41. The topological polar surface area (TPSA) is 58.9 Å². The SMILES string of the molecule is CC1(C)COC(CO)(CO)OC1. The van der Waals surface area contributed by atoms with Crippen LogP contribution in [0.15, 0.2) is 0 Å². The largest absolute Gasteiger partial charge is 0.391 e. The van der Waals surface area contributed by atoms with E-state index in [-0.39, 0.29) is 18.6 Å². The van der Waals surface area contributed by atoms with E-state index in [4.69, 9.17) is 19.7 Å². The average molecular weight is 176 g/mol. The summed E-state index contributed by atoms with van der Waals surface area (Å²) >= 11 is 0. The molecule has 0 radical (unpaired) electrons. The Bertz CT molecular complexity index is 139. The van der Waals surface area contributed by atoms with Gasteiger partial charge >= 0.3 is 0 Å². The first-order valence-corrected chi connectivity index (χ1v) is 4.03. The lowest BCUT2D eigenvalue weighted by atomic mass is 9.95. The molecule has 4 nitrogen and oxygen atoms in total. The van der Waals surface area contributed by atoms with E-state index in [1.807, 2.05) is 13.8 Å². The molecule has 0 bridgehead atoms. The van der Waals surface area contributed by atoms with Crippen LogP contribution in [-0.4, -0.2) is 42.4 Å². The van der Waals surface area contributed by atoms with Crippen LogP contribution in [0, 0.1) is 5.41 Å². The fourth-order valence-corrected chi connectivity index (χ4v) is 0.970. The minimum atomic E-state index is -1.17. The Balaban J connectivity index is 2.53. The van der Waals surface area contributed by atoms with Crippen molar-refractivity contribution >= 4 is 0 Å². The molecule has 0 aromatic carbocycles. The third-order valence-electron chi connectivity index (χ3n) is 1.93. The van der Waals surface area contributed by atoms with Crippen LogP contribution < -0.4 is 0 Å². The molecule has 0 saturated carbocycles. The van der Waals surface area contributed by atoms with Crippen LogP contribution >= 0.6 is 0 Å². The lowest BCUT2D eigenvalue weighted by Crippen LogP contribution is -2.52. The molecule has 1 heterocycles. The predicted octanol–water partition coefficient (Wildman–Crippen LogP) is -0.260. The Morgan fingerprint density at radius 2 is 1.50 bits per heavy atom. The summed E-state index contributed by atoms with van der Waals surface area (Å²) < 4.78 is 10.5. The van der Waals surface area contributed by atoms with Crippen LogP contribution in [0.5, 0.6) is 0 Å². The summed E-state index contributed by atoms with van der Waals surface area (Å²) in [5.74, 6) is -1.17. The number of ether oxygens (including phenoxy) is 2. The fraction of sp³-hybridized carbons (Fsp3) is 1.00. The van der Waals surface area contributed by atoms with Crippen molar-refractivity contribution in [2.75, 3.05) is 26.4 Å². The maximum atomic E-state index is 8.90. The van der Waals surface area contributed by atoms with Gasteiger partial charge in [-0.25, -0.2) is 0 Å². The van der Waals surface area contributed by atoms with E-state index < -0.39 is 5.79 Å². The Labute approximate surface area is 72.1 Å². The highest BCUT2D eigenvalue weighted by molar-refractivity contribution is 4.78. The number of aliphatic hydroxyl groups excluding tert-OH is 2. The molecule has 0 amide bonds. The van der Waals surface area contributed by atoms with E-state index in [9.17, 15) is 0 Å². The van der Waals surface area contributed by atoms with Crippen molar-refractivity contribution in [1.29, 1.82) is 0 Å². The minimum absolute atomic E-state index is 0.0339. The molecule has 0 spiro atoms. The van der Waals surface area contributed by atoms with Gasteiger partial charge in [-0.3, -0.25) is 0 Å². The molecule has 4 heteroatoms. The first kappa shape index (κ1) is 9.92. The number of hydrogen-bond donors (Lipinski definition) is 2. The van der Waals surface area contributed by atoms with Crippen molar-refractivity contribution in [3.63, 3.8) is 0 Å². The van der Waals surface area contributed by atoms with Gasteiger partial charge in [0.15, 0.2) is 0 Å². The van der Waals surface area contributed by atoms with Gasteiger partial charge in [0.1, 0.15) is 0 Å². The van der Waals surface area contributed by atoms with E-state index in [1.165, 1.54) is 0 Å². The van der Waals surface area contributed by atoms with Crippen LogP contribution in [0.3, 0.4) is 0 Å². The van der Waals surface area contributed by atoms with Gasteiger partial charge in [-0.15, -0.1) is 0 Å². The standard InChI is InChI=1S/C8H16O4/c1-7(2)5-11-8(3-9,4-10)12-6-7/h9-10H,3-6H2,1-2H3. The zero-order valence-electron chi connectivity index (χ0n) is 7.54. The van der Waals surface area contributed by atoms with Crippen LogP contribution in [0.1, 0.15) is 13.8 Å². The van der Waals surface area contributed by atoms with Gasteiger partial charge < -0.3 is 19.7 Å². The molecule has 1 saturated heterocycles. The summed E-state index contributed by atoms with van der Waals surface area (Å²) in [6.45, 7) is 4.39. The lowest BCUT2D eigenvalue weighted by molar-refractivity contribution is -0.322. The maximum Gasteiger partial charge on any atom is 0.215 e. The minimum Gasteiger partial charge on any atom is -0.391 e. The molecule has 1 rings (SSSR count). The molecule has 0 aromatic heterocycles. The number of aliphatic hydroxyl groups is 2. The fourth-order valence-electron chi connectivity index (χ4n) is 0.970. The van der Waals surface area contributed by atoms with Gasteiger partial charge in [-0.2, -0.15) is 0 Å². The summed E-state index contributed by atoms with van der Waals surface area (Å²) in [5, 5.41) is 17.8. The Morgan fingerprint density at radius 3 is 1.83 bits per heavy atom. The second-order valence-corrected chi connectivity index (χ2v) is 3.97. The van der Waals surface area contributed by atoms with E-state index in [0.717, 1.165) is 0 Å². The number of hydrogen-bond acceptors (Lipinski definition) is 4. The Morgan fingerprint density at radius 1 is 1.08 bits per heavy atom. The van der Waals surface area contributed by atoms with Gasteiger partial charge in [0, 0.05) is 5.41 Å². The van der Waals surface area contributed by atoms with Crippen molar-refractivity contribution in [3.05, 3.63) is 0 Å². The Kier molecular flexibility index (Phi) is 2.73. The third kappa shape index (κ3) is 1.95. The van der Waals surface area contributed by atoms with Crippen LogP contribution in [0.25, 0.3) is 0 Å². The third-order valence-corrected chi connectivity index (χ3v) is 1.93. The molecule has 1 aliphatic rings. The first-order chi connectivity index (χ1) is 5.54. The highest BCUT2D eigenvalue weighted by Crippen LogP contribution is 2.28. The molecule has 12 heavy (non-hydrogen) atoms. The average Bonchev–Trinajstić information content (AvgIpc) is 2.06. The van der Waals surface area contributed by atoms with Crippen molar-refractivity contribution in [1.82, 2.24) is 0 Å². The van der Waals surface area contributed by atoms with Crippen molar-refractivity contribution in [2.24, 2.45) is 5.41 Å². The first-order valence-electron chi connectivity index (χ1n) is 4.03. The smallest absolute Gasteiger partial charge is 0.215 e. The van der Waals surface area contributed by atoms with Crippen LogP contribution in [0.2, 0.25) is 0 Å². The molecule has 0 aromatic rings. The van der Waals surface area contributed by atoms with E-state index in [0.29, 0.717) is 13.2 Å². The Hall–Kier alpha value is -0.160. The van der Waals surface area contributed by atoms with Gasteiger partial charge in [0.25, 0.3) is 0 Å². The second-order valence-electron chi connectivity index (χ2n) is 3.97. The van der Waals surface area contributed by atoms with Crippen molar-refractivity contribution in [3.8, 4) is 0 Å². The molecule has 1 aliphatic heterocycles. The van der Waals surface area contributed by atoms with E-state index in [2.05, 4.69) is 0 Å². The molecule has 0 unspecified atom stereocenters. The van der Waals surface area contributed by atoms with Crippen molar-refractivity contribution in [2.45, 2.75) is 19.6 Å².